The van der Waals surface area contributed by atoms with Crippen molar-refractivity contribution in [1.82, 2.24) is 14.8 Å². The summed E-state index contributed by atoms with van der Waals surface area (Å²) < 4.78 is 2.39. The van der Waals surface area contributed by atoms with E-state index < -0.39 is 0 Å². The third kappa shape index (κ3) is 2.13. The molecule has 0 spiro atoms. The lowest BCUT2D eigenvalue weighted by molar-refractivity contribution is 0.510. The molecule has 4 rings (SSSR count). The highest BCUT2D eigenvalue weighted by molar-refractivity contribution is 5.71. The normalized spacial score (nSPS) is 18.5. The van der Waals surface area contributed by atoms with Gasteiger partial charge in [-0.2, -0.15) is 0 Å². The third-order valence-electron chi connectivity index (χ3n) is 4.89. The Morgan fingerprint density at radius 2 is 2.00 bits per heavy atom. The van der Waals surface area contributed by atoms with Crippen LogP contribution in [0.25, 0.3) is 11.4 Å². The molecule has 1 aliphatic carbocycles. The Bertz CT molecular complexity index is 653. The van der Waals surface area contributed by atoms with E-state index in [9.17, 15) is 0 Å². The summed E-state index contributed by atoms with van der Waals surface area (Å²) in [4.78, 5) is 0. The van der Waals surface area contributed by atoms with E-state index in [2.05, 4.69) is 45.2 Å². The summed E-state index contributed by atoms with van der Waals surface area (Å²) in [5.74, 6) is 2.12. The summed E-state index contributed by atoms with van der Waals surface area (Å²) in [7, 11) is 0. The van der Waals surface area contributed by atoms with Gasteiger partial charge in [0, 0.05) is 23.8 Å². The van der Waals surface area contributed by atoms with Gasteiger partial charge in [-0.05, 0) is 44.2 Å². The largest absolute Gasteiger partial charge is 0.385 e. The van der Waals surface area contributed by atoms with Crippen LogP contribution in [-0.2, 0) is 6.42 Å². The maximum atomic E-state index is 4.52. The number of nitrogens with one attached hydrogen (secondary N) is 1. The maximum absolute atomic E-state index is 4.52. The Morgan fingerprint density at radius 1 is 1.14 bits per heavy atom. The average molecular weight is 282 g/mol. The highest BCUT2D eigenvalue weighted by atomic mass is 15.3. The van der Waals surface area contributed by atoms with Crippen molar-refractivity contribution in [1.29, 1.82) is 0 Å². The van der Waals surface area contributed by atoms with Gasteiger partial charge < -0.3 is 9.88 Å². The standard InChI is InChI=1S/C17H22N4/c1-12-19-20-17(21(12)13-6-2-3-7-13)15-8-4-10-16-14(15)9-5-11-18-16/h4,8,10,13,18H,2-3,5-7,9,11H2,1H3. The molecule has 2 aliphatic rings. The molecule has 0 saturated heterocycles. The Labute approximate surface area is 125 Å². The van der Waals surface area contributed by atoms with E-state index in [1.165, 1.54) is 48.9 Å². The molecule has 110 valence electrons. The van der Waals surface area contributed by atoms with Crippen LogP contribution in [0.1, 0.15) is 49.5 Å². The van der Waals surface area contributed by atoms with Crippen LogP contribution < -0.4 is 5.32 Å². The van der Waals surface area contributed by atoms with Crippen molar-refractivity contribution < 1.29 is 0 Å². The van der Waals surface area contributed by atoms with E-state index in [0.717, 1.165) is 24.6 Å². The first-order valence-corrected chi connectivity index (χ1v) is 8.12. The van der Waals surface area contributed by atoms with Crippen molar-refractivity contribution in [3.63, 3.8) is 0 Å². The molecule has 4 nitrogen and oxygen atoms in total. The van der Waals surface area contributed by atoms with Crippen LogP contribution in [0, 0.1) is 6.92 Å². The molecule has 0 amide bonds. The second-order valence-corrected chi connectivity index (χ2v) is 6.24. The second-order valence-electron chi connectivity index (χ2n) is 6.24. The molecule has 1 N–H and O–H groups in total. The Balaban J connectivity index is 1.84. The first-order chi connectivity index (χ1) is 10.3. The van der Waals surface area contributed by atoms with Crippen molar-refractivity contribution in [3.8, 4) is 11.4 Å². The van der Waals surface area contributed by atoms with Crippen LogP contribution >= 0.6 is 0 Å². The van der Waals surface area contributed by atoms with E-state index in [0.29, 0.717) is 6.04 Å². The van der Waals surface area contributed by atoms with Gasteiger partial charge in [-0.1, -0.05) is 25.0 Å². The van der Waals surface area contributed by atoms with Gasteiger partial charge in [-0.15, -0.1) is 10.2 Å². The monoisotopic (exact) mass is 282 g/mol. The summed E-state index contributed by atoms with van der Waals surface area (Å²) in [6.45, 7) is 3.16. The lowest BCUT2D eigenvalue weighted by Gasteiger charge is -2.22. The van der Waals surface area contributed by atoms with Gasteiger partial charge in [-0.25, -0.2) is 0 Å². The molecule has 1 saturated carbocycles. The first kappa shape index (κ1) is 12.9. The van der Waals surface area contributed by atoms with Crippen molar-refractivity contribution in [2.45, 2.75) is 51.5 Å². The Hall–Kier alpha value is -1.84. The number of hydrogen-bond acceptors (Lipinski definition) is 3. The van der Waals surface area contributed by atoms with E-state index in [-0.39, 0.29) is 0 Å². The summed E-state index contributed by atoms with van der Waals surface area (Å²) in [5, 5.41) is 12.4. The van der Waals surface area contributed by atoms with Crippen molar-refractivity contribution in [2.75, 3.05) is 11.9 Å². The Morgan fingerprint density at radius 3 is 2.86 bits per heavy atom. The average Bonchev–Trinajstić information content (AvgIpc) is 3.16. The molecule has 0 bridgehead atoms. The Kier molecular flexibility index (Phi) is 3.17. The fraction of sp³-hybridized carbons (Fsp3) is 0.529. The highest BCUT2D eigenvalue weighted by Gasteiger charge is 2.25. The van der Waals surface area contributed by atoms with E-state index in [1.807, 2.05) is 0 Å². The molecule has 1 fully saturated rings. The minimum Gasteiger partial charge on any atom is -0.385 e. The summed E-state index contributed by atoms with van der Waals surface area (Å²) in [5.41, 5.74) is 3.96. The van der Waals surface area contributed by atoms with Gasteiger partial charge in [0.15, 0.2) is 5.82 Å². The molecule has 1 aromatic carbocycles. The summed E-state index contributed by atoms with van der Waals surface area (Å²) in [6.07, 6.45) is 7.51. The number of nitrogens with zero attached hydrogens (tertiary/aromatic N) is 3. The number of aryl methyl sites for hydroxylation is 1. The molecule has 21 heavy (non-hydrogen) atoms. The molecular weight excluding hydrogens is 260 g/mol. The van der Waals surface area contributed by atoms with Crippen molar-refractivity contribution in [2.24, 2.45) is 0 Å². The number of aromatic nitrogens is 3. The highest BCUT2D eigenvalue weighted by Crippen LogP contribution is 2.37. The van der Waals surface area contributed by atoms with Crippen molar-refractivity contribution in [3.05, 3.63) is 29.6 Å². The zero-order chi connectivity index (χ0) is 14.2. The zero-order valence-electron chi connectivity index (χ0n) is 12.6. The van der Waals surface area contributed by atoms with Crippen molar-refractivity contribution >= 4 is 5.69 Å². The van der Waals surface area contributed by atoms with Crippen LogP contribution in [0.15, 0.2) is 18.2 Å². The van der Waals surface area contributed by atoms with Crippen LogP contribution in [0.4, 0.5) is 5.69 Å². The number of rotatable bonds is 2. The first-order valence-electron chi connectivity index (χ1n) is 8.12. The number of hydrogen-bond donors (Lipinski definition) is 1. The topological polar surface area (TPSA) is 42.7 Å². The number of anilines is 1. The lowest BCUT2D eigenvalue weighted by atomic mass is 9.97. The molecule has 2 aromatic rings. The van der Waals surface area contributed by atoms with Gasteiger partial charge in [0.05, 0.1) is 0 Å². The zero-order valence-corrected chi connectivity index (χ0v) is 12.6. The summed E-state index contributed by atoms with van der Waals surface area (Å²) in [6, 6.07) is 7.11. The molecule has 1 aliphatic heterocycles. The number of fused-ring (bicyclic) bond motifs is 1. The fourth-order valence-electron chi connectivity index (χ4n) is 3.87. The number of benzene rings is 1. The molecule has 1 aromatic heterocycles. The molecule has 0 atom stereocenters. The molecule has 4 heteroatoms. The minimum atomic E-state index is 0.586. The predicted molar refractivity (Wildman–Crippen MR) is 84.5 cm³/mol. The van der Waals surface area contributed by atoms with E-state index in [4.69, 9.17) is 0 Å². The SMILES string of the molecule is Cc1nnc(-c2cccc3c2CCCN3)n1C1CCCC1. The third-order valence-corrected chi connectivity index (χ3v) is 4.89. The predicted octanol–water partition coefficient (Wildman–Crippen LogP) is 3.73. The molecule has 0 radical (unpaired) electrons. The van der Waals surface area contributed by atoms with Gasteiger partial charge in [-0.3, -0.25) is 0 Å². The fourth-order valence-corrected chi connectivity index (χ4v) is 3.87. The second kappa shape index (κ2) is 5.17. The molecule has 0 unspecified atom stereocenters. The van der Waals surface area contributed by atoms with Crippen LogP contribution in [0.2, 0.25) is 0 Å². The van der Waals surface area contributed by atoms with Crippen LogP contribution in [0.3, 0.4) is 0 Å². The van der Waals surface area contributed by atoms with Gasteiger partial charge in [0.2, 0.25) is 0 Å². The smallest absolute Gasteiger partial charge is 0.164 e. The van der Waals surface area contributed by atoms with Gasteiger partial charge >= 0.3 is 0 Å². The molecule has 2 heterocycles. The van der Waals surface area contributed by atoms with E-state index in [1.54, 1.807) is 0 Å². The summed E-state index contributed by atoms with van der Waals surface area (Å²) >= 11 is 0. The quantitative estimate of drug-likeness (QED) is 0.912. The molecular formula is C17H22N4. The van der Waals surface area contributed by atoms with Crippen LogP contribution in [-0.4, -0.2) is 21.3 Å². The van der Waals surface area contributed by atoms with Gasteiger partial charge in [0.25, 0.3) is 0 Å². The maximum Gasteiger partial charge on any atom is 0.164 e. The van der Waals surface area contributed by atoms with E-state index >= 15 is 0 Å². The minimum absolute atomic E-state index is 0.586. The van der Waals surface area contributed by atoms with Gasteiger partial charge in [0.1, 0.15) is 5.82 Å². The lowest BCUT2D eigenvalue weighted by Crippen LogP contribution is -2.14. The van der Waals surface area contributed by atoms with Crippen LogP contribution in [0.5, 0.6) is 0 Å².